The SMILES string of the molecule is C=C(C[C-](C)N)c1[c-][nH]c(C)c1NC(CCC)CCCC.CC.CC.[Y]. The van der Waals surface area contributed by atoms with Gasteiger partial charge in [-0.3, -0.25) is 6.04 Å². The van der Waals surface area contributed by atoms with E-state index in [0.717, 1.165) is 35.0 Å². The molecule has 26 heavy (non-hydrogen) atoms. The molecule has 0 saturated heterocycles. The van der Waals surface area contributed by atoms with Crippen molar-refractivity contribution >= 4 is 11.3 Å². The number of aromatic amines is 1. The zero-order valence-electron chi connectivity index (χ0n) is 18.7. The standard InChI is InChI=1S/C18H31N3.2C2H6.Y/c1-6-8-10-16(9-7-2)21-18-15(5)20-12-17(18)13(3)11-14(4)19;2*1-2;/h16,20-21H,3,6-11,19H2,1-2,4-5H3;2*1-2H3;/q-2;;;. The van der Waals surface area contributed by atoms with E-state index in [0.29, 0.717) is 6.04 Å². The average Bonchev–Trinajstić information content (AvgIpc) is 2.97. The molecule has 1 heterocycles. The molecule has 0 spiro atoms. The fraction of sp³-hybridized carbons (Fsp3) is 0.682. The van der Waals surface area contributed by atoms with Crippen LogP contribution in [0.2, 0.25) is 0 Å². The summed E-state index contributed by atoms with van der Waals surface area (Å²) in [4.78, 5) is 3.20. The monoisotopic (exact) mass is 438 g/mol. The Morgan fingerprint density at radius 1 is 1.19 bits per heavy atom. The van der Waals surface area contributed by atoms with Crippen molar-refractivity contribution in [2.75, 3.05) is 5.32 Å². The zero-order valence-corrected chi connectivity index (χ0v) is 21.5. The molecule has 151 valence electrons. The third-order valence-electron chi connectivity index (χ3n) is 3.74. The maximum Gasteiger partial charge on any atom is 0.0169 e. The van der Waals surface area contributed by atoms with E-state index >= 15 is 0 Å². The van der Waals surface area contributed by atoms with Crippen molar-refractivity contribution in [2.24, 2.45) is 5.73 Å². The number of nitrogens with one attached hydrogen (secondary N) is 2. The van der Waals surface area contributed by atoms with E-state index in [-0.39, 0.29) is 32.7 Å². The molecule has 0 saturated carbocycles. The zero-order chi connectivity index (χ0) is 19.8. The van der Waals surface area contributed by atoms with Crippen LogP contribution in [-0.4, -0.2) is 11.0 Å². The quantitative estimate of drug-likeness (QED) is 0.350. The summed E-state index contributed by atoms with van der Waals surface area (Å²) in [5, 5.41) is 3.71. The minimum atomic E-state index is 0. The van der Waals surface area contributed by atoms with Gasteiger partial charge in [0.2, 0.25) is 0 Å². The number of H-pyrrole nitrogens is 1. The Morgan fingerprint density at radius 2 is 1.77 bits per heavy atom. The van der Waals surface area contributed by atoms with Crippen LogP contribution < -0.4 is 11.1 Å². The molecule has 4 N–H and O–H groups in total. The van der Waals surface area contributed by atoms with Crippen LogP contribution >= 0.6 is 0 Å². The van der Waals surface area contributed by atoms with Crippen LogP contribution in [0.1, 0.15) is 98.2 Å². The molecule has 1 rings (SSSR count). The number of anilines is 1. The van der Waals surface area contributed by atoms with Crippen LogP contribution in [0.5, 0.6) is 0 Å². The van der Waals surface area contributed by atoms with Crippen LogP contribution in [0.3, 0.4) is 0 Å². The Kier molecular flexibility index (Phi) is 23.1. The Morgan fingerprint density at radius 3 is 2.23 bits per heavy atom. The number of unbranched alkanes of at least 4 members (excludes halogenated alkanes) is 1. The van der Waals surface area contributed by atoms with Crippen molar-refractivity contribution in [1.29, 1.82) is 0 Å². The second kappa shape index (κ2) is 19.6. The van der Waals surface area contributed by atoms with Crippen LogP contribution in [0.15, 0.2) is 6.58 Å². The summed E-state index contributed by atoms with van der Waals surface area (Å²) in [6, 6.07) is 1.40. The Bertz CT molecular complexity index is 439. The van der Waals surface area contributed by atoms with Crippen LogP contribution in [0.25, 0.3) is 5.57 Å². The Labute approximate surface area is 189 Å². The molecule has 1 aromatic heterocycles. The number of hydrogen-bond acceptors (Lipinski definition) is 2. The molecule has 4 heteroatoms. The van der Waals surface area contributed by atoms with E-state index in [9.17, 15) is 0 Å². The molecule has 0 bridgehead atoms. The van der Waals surface area contributed by atoms with Gasteiger partial charge in [-0.15, -0.1) is 12.1 Å². The van der Waals surface area contributed by atoms with E-state index in [1.807, 2.05) is 34.6 Å². The number of rotatable bonds is 10. The van der Waals surface area contributed by atoms with E-state index in [1.165, 1.54) is 32.1 Å². The molecule has 0 amide bonds. The van der Waals surface area contributed by atoms with Gasteiger partial charge in [0.1, 0.15) is 0 Å². The van der Waals surface area contributed by atoms with E-state index in [2.05, 4.69) is 43.8 Å². The minimum absolute atomic E-state index is 0. The molecule has 0 aliphatic rings. The predicted octanol–water partition coefficient (Wildman–Crippen LogP) is 6.86. The van der Waals surface area contributed by atoms with Gasteiger partial charge in [-0.1, -0.05) is 85.3 Å². The first-order valence-electron chi connectivity index (χ1n) is 10.1. The summed E-state index contributed by atoms with van der Waals surface area (Å²) < 4.78 is 0. The topological polar surface area (TPSA) is 53.8 Å². The van der Waals surface area contributed by atoms with E-state index in [4.69, 9.17) is 5.73 Å². The van der Waals surface area contributed by atoms with Gasteiger partial charge in [-0.2, -0.15) is 18.9 Å². The number of nitrogens with two attached hydrogens (primary N) is 1. The largest absolute Gasteiger partial charge is 0.481 e. The molecule has 0 aromatic carbocycles. The van der Waals surface area contributed by atoms with Crippen molar-refractivity contribution in [3.63, 3.8) is 0 Å². The molecule has 1 radical (unpaired) electrons. The van der Waals surface area contributed by atoms with Gasteiger partial charge in [0.05, 0.1) is 0 Å². The van der Waals surface area contributed by atoms with Gasteiger partial charge in [-0.25, -0.2) is 0 Å². The first-order chi connectivity index (χ1) is 12.0. The van der Waals surface area contributed by atoms with Crippen LogP contribution in [0.4, 0.5) is 5.69 Å². The van der Waals surface area contributed by atoms with E-state index < -0.39 is 0 Å². The first kappa shape index (κ1) is 30.6. The first-order valence-corrected chi connectivity index (χ1v) is 10.1. The third kappa shape index (κ3) is 12.3. The second-order valence-corrected chi connectivity index (χ2v) is 6.02. The maximum atomic E-state index is 5.81. The number of aryl methyl sites for hydroxylation is 1. The fourth-order valence-electron chi connectivity index (χ4n) is 2.63. The molecule has 1 aromatic rings. The summed E-state index contributed by atoms with van der Waals surface area (Å²) in [5.41, 5.74) is 10.2. The van der Waals surface area contributed by atoms with Gasteiger partial charge >= 0.3 is 0 Å². The van der Waals surface area contributed by atoms with Gasteiger partial charge in [0.15, 0.2) is 0 Å². The Hall–Kier alpha value is -0.116. The van der Waals surface area contributed by atoms with E-state index in [1.54, 1.807) is 0 Å². The molecule has 1 atom stereocenters. The smallest absolute Gasteiger partial charge is 0.0169 e. The number of hydrogen-bond donors (Lipinski definition) is 3. The van der Waals surface area contributed by atoms with Crippen molar-refractivity contribution in [3.05, 3.63) is 30.1 Å². The summed E-state index contributed by atoms with van der Waals surface area (Å²) in [6.45, 7) is 20.7. The van der Waals surface area contributed by atoms with Crippen LogP contribution in [-0.2, 0) is 32.7 Å². The summed E-state index contributed by atoms with van der Waals surface area (Å²) in [7, 11) is 0. The van der Waals surface area contributed by atoms with Gasteiger partial charge in [0, 0.05) is 38.8 Å². The molecular formula is C22H43N3Y-2. The van der Waals surface area contributed by atoms with Crippen molar-refractivity contribution < 1.29 is 32.7 Å². The Balaban J connectivity index is -0.000000985. The molecule has 0 fully saturated rings. The molecular weight excluding hydrogens is 395 g/mol. The third-order valence-corrected chi connectivity index (χ3v) is 3.74. The number of aromatic nitrogens is 1. The van der Waals surface area contributed by atoms with Crippen molar-refractivity contribution in [2.45, 2.75) is 100.0 Å². The normalized spacial score (nSPS) is 10.7. The summed E-state index contributed by atoms with van der Waals surface area (Å²) in [5.74, 6) is 0. The average molecular weight is 439 g/mol. The van der Waals surface area contributed by atoms with Gasteiger partial charge in [0.25, 0.3) is 0 Å². The second-order valence-electron chi connectivity index (χ2n) is 6.02. The van der Waals surface area contributed by atoms with Gasteiger partial charge in [-0.05, 0) is 12.8 Å². The van der Waals surface area contributed by atoms with Crippen molar-refractivity contribution in [1.82, 2.24) is 4.98 Å². The fourth-order valence-corrected chi connectivity index (χ4v) is 2.63. The summed E-state index contributed by atoms with van der Waals surface area (Å²) >= 11 is 0. The molecule has 0 aliphatic heterocycles. The van der Waals surface area contributed by atoms with Gasteiger partial charge < -0.3 is 16.0 Å². The summed E-state index contributed by atoms with van der Waals surface area (Å²) in [6.07, 6.45) is 10.0. The minimum Gasteiger partial charge on any atom is -0.481 e. The van der Waals surface area contributed by atoms with Crippen molar-refractivity contribution in [3.8, 4) is 0 Å². The molecule has 1 unspecified atom stereocenters. The molecule has 0 aliphatic carbocycles. The van der Waals surface area contributed by atoms with Crippen LogP contribution in [0, 0.1) is 19.2 Å². The molecule has 3 nitrogen and oxygen atoms in total. The predicted molar refractivity (Wildman–Crippen MR) is 116 cm³/mol. The maximum absolute atomic E-state index is 5.81.